The van der Waals surface area contributed by atoms with Crippen LogP contribution in [0.3, 0.4) is 0 Å². The summed E-state index contributed by atoms with van der Waals surface area (Å²) < 4.78 is 39.5. The molecule has 1 aromatic heterocycles. The first-order chi connectivity index (χ1) is 9.29. The number of pyridine rings is 1. The third-order valence-corrected chi connectivity index (χ3v) is 3.98. The van der Waals surface area contributed by atoms with Crippen LogP contribution in [0.15, 0.2) is 12.3 Å². The third-order valence-electron chi connectivity index (χ3n) is 3.98. The van der Waals surface area contributed by atoms with Gasteiger partial charge in [-0.25, -0.2) is 0 Å². The largest absolute Gasteiger partial charge is 0.418 e. The monoisotopic (exact) mass is 286 g/mol. The lowest BCUT2D eigenvalue weighted by atomic mass is 9.89. The summed E-state index contributed by atoms with van der Waals surface area (Å²) in [6, 6.07) is 1.32. The van der Waals surface area contributed by atoms with Gasteiger partial charge in [0.05, 0.1) is 11.3 Å². The molecule has 0 aliphatic carbocycles. The van der Waals surface area contributed by atoms with E-state index < -0.39 is 11.7 Å². The zero-order valence-corrected chi connectivity index (χ0v) is 12.2. The number of halogens is 3. The summed E-state index contributed by atoms with van der Waals surface area (Å²) in [5, 5.41) is 0. The van der Waals surface area contributed by atoms with Gasteiger partial charge in [-0.05, 0) is 56.4 Å². The number of likely N-dealkylation sites (tertiary alicyclic amines) is 1. The molecule has 2 nitrogen and oxygen atoms in total. The number of piperidine rings is 1. The molecule has 0 amide bonds. The van der Waals surface area contributed by atoms with Crippen molar-refractivity contribution in [1.82, 2.24) is 9.88 Å². The van der Waals surface area contributed by atoms with Gasteiger partial charge in [0.15, 0.2) is 0 Å². The van der Waals surface area contributed by atoms with E-state index in [1.807, 2.05) is 7.05 Å². The normalized spacial score (nSPS) is 18.8. The van der Waals surface area contributed by atoms with Crippen molar-refractivity contribution >= 4 is 0 Å². The molecule has 0 unspecified atom stereocenters. The summed E-state index contributed by atoms with van der Waals surface area (Å²) in [6.07, 6.45) is -0.887. The maximum Gasteiger partial charge on any atom is 0.418 e. The average molecular weight is 286 g/mol. The minimum Gasteiger partial charge on any atom is -0.306 e. The molecule has 1 aromatic rings. The number of alkyl halides is 3. The molecule has 0 bridgehead atoms. The number of hydrogen-bond acceptors (Lipinski definition) is 2. The Balaban J connectivity index is 2.32. The number of nitrogens with zero attached hydrogens (tertiary/aromatic N) is 2. The van der Waals surface area contributed by atoms with Crippen molar-refractivity contribution in [3.05, 3.63) is 29.1 Å². The maximum absolute atomic E-state index is 13.2. The highest BCUT2D eigenvalue weighted by molar-refractivity contribution is 5.32. The highest BCUT2D eigenvalue weighted by Gasteiger charge is 2.35. The van der Waals surface area contributed by atoms with Crippen LogP contribution in [0.1, 0.15) is 55.3 Å². The van der Waals surface area contributed by atoms with Crippen molar-refractivity contribution in [2.24, 2.45) is 0 Å². The zero-order chi connectivity index (χ0) is 14.9. The van der Waals surface area contributed by atoms with E-state index in [2.05, 4.69) is 9.88 Å². The topological polar surface area (TPSA) is 16.1 Å². The number of rotatable bonds is 2. The Morgan fingerprint density at radius 1 is 1.25 bits per heavy atom. The molecule has 1 aliphatic rings. The van der Waals surface area contributed by atoms with Crippen LogP contribution in [0.25, 0.3) is 0 Å². The quantitative estimate of drug-likeness (QED) is 0.816. The molecule has 112 valence electrons. The SMILES string of the molecule is CC(C)c1ncc(C2CCN(C)CC2)cc1C(F)(F)F. The smallest absolute Gasteiger partial charge is 0.306 e. The number of aromatic nitrogens is 1. The first-order valence-corrected chi connectivity index (χ1v) is 7.04. The first kappa shape index (κ1) is 15.3. The Hall–Kier alpha value is -1.10. The molecular formula is C15H21F3N2. The van der Waals surface area contributed by atoms with Crippen molar-refractivity contribution in [3.63, 3.8) is 0 Å². The first-order valence-electron chi connectivity index (χ1n) is 7.04. The molecular weight excluding hydrogens is 265 g/mol. The van der Waals surface area contributed by atoms with E-state index in [-0.39, 0.29) is 17.5 Å². The van der Waals surface area contributed by atoms with Gasteiger partial charge in [0.1, 0.15) is 0 Å². The van der Waals surface area contributed by atoms with Crippen LogP contribution < -0.4 is 0 Å². The van der Waals surface area contributed by atoms with Gasteiger partial charge >= 0.3 is 6.18 Å². The summed E-state index contributed by atoms with van der Waals surface area (Å²) in [6.45, 7) is 5.34. The minimum atomic E-state index is -4.33. The molecule has 1 fully saturated rings. The van der Waals surface area contributed by atoms with Crippen molar-refractivity contribution in [1.29, 1.82) is 0 Å². The average Bonchev–Trinajstić information content (AvgIpc) is 2.38. The standard InChI is InChI=1S/C15H21F3N2/c1-10(2)14-13(15(16,17)18)8-12(9-19-14)11-4-6-20(3)7-5-11/h8-11H,4-7H2,1-3H3. The lowest BCUT2D eigenvalue weighted by Crippen LogP contribution is -2.29. The van der Waals surface area contributed by atoms with Gasteiger partial charge in [0.25, 0.3) is 0 Å². The molecule has 5 heteroatoms. The molecule has 0 radical (unpaired) electrons. The molecule has 2 rings (SSSR count). The molecule has 0 saturated carbocycles. The highest BCUT2D eigenvalue weighted by atomic mass is 19.4. The Labute approximate surface area is 118 Å². The van der Waals surface area contributed by atoms with Gasteiger partial charge < -0.3 is 4.90 Å². The molecule has 0 spiro atoms. The molecule has 0 aromatic carbocycles. The van der Waals surface area contributed by atoms with E-state index in [1.54, 1.807) is 20.0 Å². The zero-order valence-electron chi connectivity index (χ0n) is 12.2. The predicted molar refractivity (Wildman–Crippen MR) is 72.8 cm³/mol. The van der Waals surface area contributed by atoms with Gasteiger partial charge in [-0.3, -0.25) is 4.98 Å². The summed E-state index contributed by atoms with van der Waals surface area (Å²) >= 11 is 0. The molecule has 1 aliphatic heterocycles. The Morgan fingerprint density at radius 2 is 1.85 bits per heavy atom. The van der Waals surface area contributed by atoms with E-state index in [1.165, 1.54) is 6.07 Å². The lowest BCUT2D eigenvalue weighted by molar-refractivity contribution is -0.138. The van der Waals surface area contributed by atoms with E-state index in [4.69, 9.17) is 0 Å². The van der Waals surface area contributed by atoms with Crippen molar-refractivity contribution in [2.45, 2.75) is 44.7 Å². The van der Waals surface area contributed by atoms with Gasteiger partial charge in [-0.2, -0.15) is 13.2 Å². The minimum absolute atomic E-state index is 0.147. The van der Waals surface area contributed by atoms with Crippen LogP contribution >= 0.6 is 0 Å². The van der Waals surface area contributed by atoms with Gasteiger partial charge in [0.2, 0.25) is 0 Å². The van der Waals surface area contributed by atoms with Crippen LogP contribution in [0.2, 0.25) is 0 Å². The van der Waals surface area contributed by atoms with Crippen LogP contribution in [0.4, 0.5) is 13.2 Å². The van der Waals surface area contributed by atoms with E-state index in [0.29, 0.717) is 0 Å². The Bertz CT molecular complexity index is 461. The molecule has 1 saturated heterocycles. The lowest BCUT2D eigenvalue weighted by Gasteiger charge is -2.29. The number of hydrogen-bond donors (Lipinski definition) is 0. The van der Waals surface area contributed by atoms with Crippen LogP contribution in [0, 0.1) is 0 Å². The van der Waals surface area contributed by atoms with E-state index in [0.717, 1.165) is 31.5 Å². The second-order valence-corrected chi connectivity index (χ2v) is 5.93. The van der Waals surface area contributed by atoms with Crippen molar-refractivity contribution < 1.29 is 13.2 Å². The second-order valence-electron chi connectivity index (χ2n) is 5.93. The molecule has 0 N–H and O–H groups in total. The third kappa shape index (κ3) is 3.32. The summed E-state index contributed by atoms with van der Waals surface area (Å²) in [4.78, 5) is 6.31. The van der Waals surface area contributed by atoms with Crippen LogP contribution in [0.5, 0.6) is 0 Å². The van der Waals surface area contributed by atoms with Gasteiger partial charge in [-0.15, -0.1) is 0 Å². The van der Waals surface area contributed by atoms with Crippen LogP contribution in [-0.4, -0.2) is 30.0 Å². The predicted octanol–water partition coefficient (Wildman–Crippen LogP) is 4.03. The Morgan fingerprint density at radius 3 is 2.35 bits per heavy atom. The maximum atomic E-state index is 13.2. The second kappa shape index (κ2) is 5.72. The fourth-order valence-corrected chi connectivity index (χ4v) is 2.74. The van der Waals surface area contributed by atoms with Crippen molar-refractivity contribution in [2.75, 3.05) is 20.1 Å². The summed E-state index contributed by atoms with van der Waals surface area (Å²) in [5.41, 5.74) is 0.313. The van der Waals surface area contributed by atoms with E-state index in [9.17, 15) is 13.2 Å². The van der Waals surface area contributed by atoms with Crippen LogP contribution in [-0.2, 0) is 6.18 Å². The molecule has 20 heavy (non-hydrogen) atoms. The van der Waals surface area contributed by atoms with E-state index >= 15 is 0 Å². The van der Waals surface area contributed by atoms with Gasteiger partial charge in [0, 0.05) is 6.20 Å². The Kier molecular flexibility index (Phi) is 4.37. The van der Waals surface area contributed by atoms with Crippen molar-refractivity contribution in [3.8, 4) is 0 Å². The molecule has 2 heterocycles. The highest BCUT2D eigenvalue weighted by Crippen LogP contribution is 2.37. The fraction of sp³-hybridized carbons (Fsp3) is 0.667. The summed E-state index contributed by atoms with van der Waals surface area (Å²) in [5.74, 6) is -0.0285. The van der Waals surface area contributed by atoms with Gasteiger partial charge in [-0.1, -0.05) is 13.8 Å². The fourth-order valence-electron chi connectivity index (χ4n) is 2.74. The molecule has 0 atom stereocenters. The summed E-state index contributed by atoms with van der Waals surface area (Å²) in [7, 11) is 2.04.